The van der Waals surface area contributed by atoms with Crippen molar-refractivity contribution in [3.8, 4) is 17.2 Å². The fourth-order valence-electron chi connectivity index (χ4n) is 2.35. The predicted octanol–water partition coefficient (Wildman–Crippen LogP) is 0.199. The normalized spacial score (nSPS) is 22.8. The van der Waals surface area contributed by atoms with Crippen LogP contribution in [0, 0.1) is 0 Å². The summed E-state index contributed by atoms with van der Waals surface area (Å²) in [6.07, 6.45) is 0. The maximum atomic E-state index is 12.3. The van der Waals surface area contributed by atoms with Crippen LogP contribution in [-0.4, -0.2) is 37.1 Å². The molecular weight excluding hydrogens is 292 g/mol. The van der Waals surface area contributed by atoms with Gasteiger partial charge in [-0.2, -0.15) is 0 Å². The van der Waals surface area contributed by atoms with E-state index in [-0.39, 0.29) is 11.3 Å². The zero-order chi connectivity index (χ0) is 16.1. The molecular formula is C15H12O7. The molecule has 2 aromatic carbocycles. The molecule has 7 heteroatoms. The van der Waals surface area contributed by atoms with Gasteiger partial charge in [0.05, 0.1) is 0 Å². The van der Waals surface area contributed by atoms with E-state index in [1.165, 1.54) is 24.3 Å². The van der Waals surface area contributed by atoms with E-state index in [1.54, 1.807) is 6.07 Å². The summed E-state index contributed by atoms with van der Waals surface area (Å²) in [5, 5.41) is 50.0. The van der Waals surface area contributed by atoms with E-state index in [9.17, 15) is 30.3 Å². The number of benzene rings is 2. The Balaban J connectivity index is 2.25. The molecule has 22 heavy (non-hydrogen) atoms. The summed E-state index contributed by atoms with van der Waals surface area (Å²) in [6.45, 7) is 0. The Morgan fingerprint density at radius 3 is 2.18 bits per heavy atom. The van der Waals surface area contributed by atoms with Crippen molar-refractivity contribution >= 4 is 5.78 Å². The van der Waals surface area contributed by atoms with Crippen LogP contribution in [0.5, 0.6) is 17.2 Å². The minimum Gasteiger partial charge on any atom is -0.504 e. The number of carbonyl (C=O) groups is 1. The number of ether oxygens (including phenoxy) is 1. The van der Waals surface area contributed by atoms with Crippen molar-refractivity contribution in [2.45, 2.75) is 11.6 Å². The molecule has 0 fully saturated rings. The van der Waals surface area contributed by atoms with Gasteiger partial charge in [-0.25, -0.2) is 0 Å². The largest absolute Gasteiger partial charge is 0.504 e. The summed E-state index contributed by atoms with van der Waals surface area (Å²) in [5.74, 6) is -9.28. The average molecular weight is 304 g/mol. The molecule has 1 aliphatic heterocycles. The van der Waals surface area contributed by atoms with Gasteiger partial charge >= 0.3 is 5.79 Å². The molecule has 1 atom stereocenters. The Hall–Kier alpha value is -2.61. The summed E-state index contributed by atoms with van der Waals surface area (Å²) < 4.78 is 5.19. The van der Waals surface area contributed by atoms with E-state index in [4.69, 9.17) is 4.74 Å². The maximum Gasteiger partial charge on any atom is 0.301 e. The third-order valence-electron chi connectivity index (χ3n) is 3.56. The van der Waals surface area contributed by atoms with Crippen molar-refractivity contribution in [3.63, 3.8) is 0 Å². The molecule has 0 radical (unpaired) electrons. The standard InChI is InChI=1S/C15H12O7/c16-9-6-7-10-11(12(9)17)13(18)14(19,20)15(21,22-10)8-4-2-1-3-5-8/h1-7,16-17,19-21H/t15-/m0/s1. The quantitative estimate of drug-likeness (QED) is 0.376. The minimum atomic E-state index is -3.35. The summed E-state index contributed by atoms with van der Waals surface area (Å²) in [5.41, 5.74) is -0.683. The smallest absolute Gasteiger partial charge is 0.301 e. The molecule has 2 aromatic rings. The Kier molecular flexibility index (Phi) is 2.89. The lowest BCUT2D eigenvalue weighted by molar-refractivity contribution is -0.328. The molecule has 0 spiro atoms. The molecule has 7 nitrogen and oxygen atoms in total. The van der Waals surface area contributed by atoms with Crippen molar-refractivity contribution in [3.05, 3.63) is 53.6 Å². The van der Waals surface area contributed by atoms with E-state index in [0.29, 0.717) is 0 Å². The number of carbonyl (C=O) groups excluding carboxylic acids is 1. The zero-order valence-corrected chi connectivity index (χ0v) is 11.1. The van der Waals surface area contributed by atoms with E-state index >= 15 is 0 Å². The van der Waals surface area contributed by atoms with E-state index < -0.39 is 34.4 Å². The van der Waals surface area contributed by atoms with Gasteiger partial charge in [-0.1, -0.05) is 30.3 Å². The monoisotopic (exact) mass is 304 g/mol. The van der Waals surface area contributed by atoms with Gasteiger partial charge in [0.25, 0.3) is 5.79 Å². The van der Waals surface area contributed by atoms with Gasteiger partial charge < -0.3 is 30.3 Å². The average Bonchev–Trinajstić information content (AvgIpc) is 2.50. The van der Waals surface area contributed by atoms with Crippen LogP contribution in [0.4, 0.5) is 0 Å². The lowest BCUT2D eigenvalue weighted by Crippen LogP contribution is -2.62. The SMILES string of the molecule is O=C1c2c(ccc(O)c2O)O[C@@](O)(c2ccccc2)C1(O)O. The number of fused-ring (bicyclic) bond motifs is 1. The van der Waals surface area contributed by atoms with Crippen LogP contribution in [0.3, 0.4) is 0 Å². The third kappa shape index (κ3) is 1.70. The van der Waals surface area contributed by atoms with Gasteiger partial charge in [-0.05, 0) is 12.1 Å². The molecule has 0 bridgehead atoms. The number of ketones is 1. The molecule has 3 rings (SSSR count). The van der Waals surface area contributed by atoms with Crippen molar-refractivity contribution in [2.75, 3.05) is 0 Å². The van der Waals surface area contributed by atoms with Crippen molar-refractivity contribution in [1.82, 2.24) is 0 Å². The topological polar surface area (TPSA) is 127 Å². The van der Waals surface area contributed by atoms with Gasteiger partial charge in [0.2, 0.25) is 5.78 Å². The Bertz CT molecular complexity index is 754. The molecule has 0 amide bonds. The lowest BCUT2D eigenvalue weighted by Gasteiger charge is -2.42. The molecule has 1 heterocycles. The second-order valence-electron chi connectivity index (χ2n) is 4.92. The fraction of sp³-hybridized carbons (Fsp3) is 0.133. The third-order valence-corrected chi connectivity index (χ3v) is 3.56. The molecule has 0 saturated carbocycles. The molecule has 1 aliphatic rings. The first kappa shape index (κ1) is 14.3. The Morgan fingerprint density at radius 1 is 0.909 bits per heavy atom. The number of phenols is 2. The number of hydrogen-bond donors (Lipinski definition) is 5. The molecule has 5 N–H and O–H groups in total. The molecule has 0 aromatic heterocycles. The van der Waals surface area contributed by atoms with E-state index in [1.807, 2.05) is 0 Å². The van der Waals surface area contributed by atoms with E-state index in [0.717, 1.165) is 12.1 Å². The van der Waals surface area contributed by atoms with Crippen LogP contribution < -0.4 is 4.74 Å². The zero-order valence-electron chi connectivity index (χ0n) is 11.1. The first-order chi connectivity index (χ1) is 10.3. The molecule has 0 unspecified atom stereocenters. The van der Waals surface area contributed by atoms with Crippen LogP contribution in [0.25, 0.3) is 0 Å². The van der Waals surface area contributed by atoms with Crippen LogP contribution in [-0.2, 0) is 5.79 Å². The lowest BCUT2D eigenvalue weighted by atomic mass is 9.86. The first-order valence-corrected chi connectivity index (χ1v) is 6.30. The highest BCUT2D eigenvalue weighted by Crippen LogP contribution is 2.47. The molecule has 114 valence electrons. The summed E-state index contributed by atoms with van der Waals surface area (Å²) in [7, 11) is 0. The maximum absolute atomic E-state index is 12.3. The van der Waals surface area contributed by atoms with Crippen LogP contribution >= 0.6 is 0 Å². The van der Waals surface area contributed by atoms with Crippen molar-refractivity contribution in [2.24, 2.45) is 0 Å². The molecule has 0 aliphatic carbocycles. The second-order valence-corrected chi connectivity index (χ2v) is 4.92. The van der Waals surface area contributed by atoms with Crippen molar-refractivity contribution < 1.29 is 35.1 Å². The Labute approximate surface area is 124 Å². The van der Waals surface area contributed by atoms with Gasteiger partial charge in [-0.3, -0.25) is 4.79 Å². The number of phenolic OH excluding ortho intramolecular Hbond substituents is 2. The number of aromatic hydroxyl groups is 2. The summed E-state index contributed by atoms with van der Waals surface area (Å²) >= 11 is 0. The fourth-order valence-corrected chi connectivity index (χ4v) is 2.35. The number of rotatable bonds is 1. The van der Waals surface area contributed by atoms with Crippen molar-refractivity contribution in [1.29, 1.82) is 0 Å². The first-order valence-electron chi connectivity index (χ1n) is 6.30. The predicted molar refractivity (Wildman–Crippen MR) is 72.2 cm³/mol. The van der Waals surface area contributed by atoms with Gasteiger partial charge in [-0.15, -0.1) is 0 Å². The van der Waals surface area contributed by atoms with Crippen LogP contribution in [0.2, 0.25) is 0 Å². The number of hydrogen-bond acceptors (Lipinski definition) is 7. The van der Waals surface area contributed by atoms with Crippen LogP contribution in [0.15, 0.2) is 42.5 Å². The Morgan fingerprint density at radius 2 is 1.55 bits per heavy atom. The summed E-state index contributed by atoms with van der Waals surface area (Å²) in [4.78, 5) is 12.3. The van der Waals surface area contributed by atoms with Crippen LogP contribution in [0.1, 0.15) is 15.9 Å². The van der Waals surface area contributed by atoms with Gasteiger partial charge in [0, 0.05) is 5.56 Å². The number of Topliss-reactive ketones (excluding diaryl/α,β-unsaturated/α-hetero) is 1. The highest BCUT2D eigenvalue weighted by Gasteiger charge is 2.62. The van der Waals surface area contributed by atoms with Gasteiger partial charge in [0.15, 0.2) is 11.5 Å². The molecule has 0 saturated heterocycles. The highest BCUT2D eigenvalue weighted by atomic mass is 16.7. The highest BCUT2D eigenvalue weighted by molar-refractivity contribution is 6.07. The van der Waals surface area contributed by atoms with E-state index in [2.05, 4.69) is 0 Å². The number of aliphatic hydroxyl groups is 3. The minimum absolute atomic E-state index is 0.0634. The second kappa shape index (κ2) is 4.44. The summed E-state index contributed by atoms with van der Waals surface area (Å²) in [6, 6.07) is 9.54. The van der Waals surface area contributed by atoms with Gasteiger partial charge in [0.1, 0.15) is 11.3 Å².